The number of hydrogen-bond acceptors (Lipinski definition) is 3. The predicted molar refractivity (Wildman–Crippen MR) is 79.2 cm³/mol. The predicted octanol–water partition coefficient (Wildman–Crippen LogP) is 2.95. The molecule has 2 rings (SSSR count). The molecular formula is C14H21BrN2O. The average Bonchev–Trinajstić information content (AvgIpc) is 2.90. The minimum Gasteiger partial charge on any atom is -0.379 e. The minimum absolute atomic E-state index is 0.371. The summed E-state index contributed by atoms with van der Waals surface area (Å²) >= 11 is 3.68. The number of nitrogens with one attached hydrogen (secondary N) is 1. The summed E-state index contributed by atoms with van der Waals surface area (Å²) in [5.74, 6) is 0. The van der Waals surface area contributed by atoms with Crippen LogP contribution in [0.25, 0.3) is 0 Å². The first kappa shape index (κ1) is 13.8. The van der Waals surface area contributed by atoms with Gasteiger partial charge in [0.1, 0.15) is 0 Å². The first-order chi connectivity index (χ1) is 8.63. The summed E-state index contributed by atoms with van der Waals surface area (Å²) in [6, 6.07) is 7.44. The largest absolute Gasteiger partial charge is 0.379 e. The summed E-state index contributed by atoms with van der Waals surface area (Å²) in [4.78, 5) is 2.31. The Morgan fingerprint density at radius 3 is 2.83 bits per heavy atom. The summed E-state index contributed by atoms with van der Waals surface area (Å²) < 4.78 is 6.60. The van der Waals surface area contributed by atoms with Crippen LogP contribution in [-0.4, -0.2) is 33.4 Å². The van der Waals surface area contributed by atoms with E-state index in [9.17, 15) is 0 Å². The molecule has 0 spiro atoms. The van der Waals surface area contributed by atoms with Gasteiger partial charge in [-0.25, -0.2) is 0 Å². The van der Waals surface area contributed by atoms with Gasteiger partial charge in [0, 0.05) is 24.2 Å². The van der Waals surface area contributed by atoms with Gasteiger partial charge >= 0.3 is 0 Å². The van der Waals surface area contributed by atoms with Gasteiger partial charge in [0.05, 0.1) is 18.3 Å². The van der Waals surface area contributed by atoms with Crippen LogP contribution in [0.15, 0.2) is 22.7 Å². The van der Waals surface area contributed by atoms with E-state index in [1.54, 1.807) is 0 Å². The quantitative estimate of drug-likeness (QED) is 0.925. The number of ether oxygens (including phenoxy) is 1. The van der Waals surface area contributed by atoms with Gasteiger partial charge in [0.25, 0.3) is 0 Å². The molecule has 1 aromatic carbocycles. The van der Waals surface area contributed by atoms with Crippen LogP contribution < -0.4 is 10.2 Å². The van der Waals surface area contributed by atoms with E-state index in [1.165, 1.54) is 11.3 Å². The van der Waals surface area contributed by atoms with Gasteiger partial charge in [-0.05, 0) is 54.0 Å². The van der Waals surface area contributed by atoms with Gasteiger partial charge in [-0.1, -0.05) is 6.07 Å². The van der Waals surface area contributed by atoms with Gasteiger partial charge in [0.15, 0.2) is 0 Å². The fourth-order valence-corrected chi connectivity index (χ4v) is 2.95. The molecule has 18 heavy (non-hydrogen) atoms. The molecule has 0 saturated carbocycles. The molecule has 1 heterocycles. The lowest BCUT2D eigenvalue weighted by atomic mass is 10.1. The maximum atomic E-state index is 5.45. The van der Waals surface area contributed by atoms with Gasteiger partial charge in [0.2, 0.25) is 0 Å². The average molecular weight is 313 g/mol. The molecule has 1 aliphatic rings. The first-order valence-electron chi connectivity index (χ1n) is 6.40. The molecule has 100 valence electrons. The summed E-state index contributed by atoms with van der Waals surface area (Å²) in [7, 11) is 4.12. The van der Waals surface area contributed by atoms with Crippen molar-refractivity contribution in [1.29, 1.82) is 0 Å². The highest BCUT2D eigenvalue weighted by Gasteiger charge is 2.22. The van der Waals surface area contributed by atoms with Crippen molar-refractivity contribution in [2.24, 2.45) is 0 Å². The Labute approximate surface area is 118 Å². The number of benzene rings is 1. The molecule has 1 fully saturated rings. The molecule has 2 atom stereocenters. The molecule has 1 N–H and O–H groups in total. The van der Waals surface area contributed by atoms with Crippen LogP contribution in [0, 0.1) is 0 Å². The monoisotopic (exact) mass is 312 g/mol. The third kappa shape index (κ3) is 2.87. The third-order valence-electron chi connectivity index (χ3n) is 3.74. The molecule has 0 bridgehead atoms. The van der Waals surface area contributed by atoms with E-state index < -0.39 is 0 Å². The van der Waals surface area contributed by atoms with Gasteiger partial charge in [-0.3, -0.25) is 0 Å². The second kappa shape index (κ2) is 6.04. The highest BCUT2D eigenvalue weighted by Crippen LogP contribution is 2.31. The highest BCUT2D eigenvalue weighted by atomic mass is 79.9. The topological polar surface area (TPSA) is 24.5 Å². The van der Waals surface area contributed by atoms with Crippen molar-refractivity contribution in [2.45, 2.75) is 25.4 Å². The molecule has 4 heteroatoms. The number of anilines is 1. The molecule has 3 nitrogen and oxygen atoms in total. The Morgan fingerprint density at radius 1 is 1.50 bits per heavy atom. The van der Waals surface area contributed by atoms with Crippen LogP contribution in [0.4, 0.5) is 5.69 Å². The zero-order valence-electron chi connectivity index (χ0n) is 11.2. The van der Waals surface area contributed by atoms with Crippen LogP contribution in [0.5, 0.6) is 0 Å². The molecule has 0 amide bonds. The molecule has 0 aromatic heterocycles. The van der Waals surface area contributed by atoms with E-state index in [4.69, 9.17) is 4.74 Å². The second-order valence-electron chi connectivity index (χ2n) is 4.85. The lowest BCUT2D eigenvalue weighted by Crippen LogP contribution is -2.32. The molecule has 1 aliphatic heterocycles. The van der Waals surface area contributed by atoms with Crippen molar-refractivity contribution >= 4 is 21.6 Å². The first-order valence-corrected chi connectivity index (χ1v) is 7.20. The zero-order valence-corrected chi connectivity index (χ0v) is 12.8. The Kier molecular flexibility index (Phi) is 4.65. The van der Waals surface area contributed by atoms with E-state index in [0.29, 0.717) is 12.1 Å². The van der Waals surface area contributed by atoms with E-state index in [-0.39, 0.29) is 0 Å². The molecular weight excluding hydrogens is 292 g/mol. The number of rotatable bonds is 4. The third-order valence-corrected chi connectivity index (χ3v) is 4.37. The van der Waals surface area contributed by atoms with Gasteiger partial charge < -0.3 is 15.0 Å². The van der Waals surface area contributed by atoms with Crippen molar-refractivity contribution in [3.63, 3.8) is 0 Å². The maximum Gasteiger partial charge on any atom is 0.0670 e. The van der Waals surface area contributed by atoms with Crippen molar-refractivity contribution in [3.8, 4) is 0 Å². The van der Waals surface area contributed by atoms with Crippen molar-refractivity contribution < 1.29 is 4.74 Å². The van der Waals surface area contributed by atoms with E-state index in [0.717, 1.165) is 24.1 Å². The number of nitrogens with zero attached hydrogens (tertiary/aromatic N) is 1. The summed E-state index contributed by atoms with van der Waals surface area (Å²) in [6.07, 6.45) is 1.11. The Morgan fingerprint density at radius 2 is 2.28 bits per heavy atom. The second-order valence-corrected chi connectivity index (χ2v) is 5.70. The number of likely N-dealkylation sites (N-methyl/N-ethyl adjacent to an activating group) is 1. The van der Waals surface area contributed by atoms with Crippen LogP contribution >= 0.6 is 15.9 Å². The molecule has 1 aromatic rings. The minimum atomic E-state index is 0.371. The standard InChI is InChI=1S/C14H21BrN2O/c1-10(16-2)11-4-5-14(13(15)8-11)17(3)12-6-7-18-9-12/h4-5,8,10,12,16H,6-7,9H2,1-3H3. The fourth-order valence-electron chi connectivity index (χ4n) is 2.27. The lowest BCUT2D eigenvalue weighted by Gasteiger charge is -2.27. The fraction of sp³-hybridized carbons (Fsp3) is 0.571. The normalized spacial score (nSPS) is 21.0. The smallest absolute Gasteiger partial charge is 0.0670 e. The molecule has 0 aliphatic carbocycles. The molecule has 1 saturated heterocycles. The highest BCUT2D eigenvalue weighted by molar-refractivity contribution is 9.10. The number of halogens is 1. The van der Waals surface area contributed by atoms with Crippen LogP contribution in [0.1, 0.15) is 24.9 Å². The molecule has 2 unspecified atom stereocenters. The Bertz CT molecular complexity index is 405. The number of hydrogen-bond donors (Lipinski definition) is 1. The van der Waals surface area contributed by atoms with Crippen LogP contribution in [0.3, 0.4) is 0 Å². The van der Waals surface area contributed by atoms with E-state index in [1.807, 2.05) is 7.05 Å². The maximum absolute atomic E-state index is 5.45. The Hall–Kier alpha value is -0.580. The lowest BCUT2D eigenvalue weighted by molar-refractivity contribution is 0.193. The van der Waals surface area contributed by atoms with Gasteiger partial charge in [-0.15, -0.1) is 0 Å². The van der Waals surface area contributed by atoms with Crippen molar-refractivity contribution in [1.82, 2.24) is 5.32 Å². The molecule has 0 radical (unpaired) electrons. The van der Waals surface area contributed by atoms with Crippen LogP contribution in [0.2, 0.25) is 0 Å². The van der Waals surface area contributed by atoms with Crippen molar-refractivity contribution in [3.05, 3.63) is 28.2 Å². The Balaban J connectivity index is 2.18. The van der Waals surface area contributed by atoms with E-state index in [2.05, 4.69) is 58.3 Å². The van der Waals surface area contributed by atoms with Gasteiger partial charge in [-0.2, -0.15) is 0 Å². The summed E-state index contributed by atoms with van der Waals surface area (Å²) in [5.41, 5.74) is 2.53. The summed E-state index contributed by atoms with van der Waals surface area (Å²) in [6.45, 7) is 3.87. The summed E-state index contributed by atoms with van der Waals surface area (Å²) in [5, 5.41) is 3.26. The van der Waals surface area contributed by atoms with Crippen LogP contribution in [-0.2, 0) is 4.74 Å². The SMILES string of the molecule is CNC(C)c1ccc(N(C)C2CCOC2)c(Br)c1. The zero-order chi connectivity index (χ0) is 13.1. The van der Waals surface area contributed by atoms with Crippen molar-refractivity contribution in [2.75, 3.05) is 32.2 Å². The van der Waals surface area contributed by atoms with E-state index >= 15 is 0 Å².